The minimum absolute atomic E-state index is 0.0175. The average molecular weight is 272 g/mol. The second-order valence-electron chi connectivity index (χ2n) is 6.23. The summed E-state index contributed by atoms with van der Waals surface area (Å²) in [6.07, 6.45) is 1.65. The summed E-state index contributed by atoms with van der Waals surface area (Å²) >= 11 is 0. The Balaban J connectivity index is 1.99. The van der Waals surface area contributed by atoms with Crippen molar-refractivity contribution in [3.63, 3.8) is 0 Å². The second kappa shape index (κ2) is 4.19. The first-order valence-electron chi connectivity index (χ1n) is 6.28. The molecule has 102 valence electrons. The van der Waals surface area contributed by atoms with Gasteiger partial charge in [-0.2, -0.15) is 9.57 Å². The molecule has 6 heteroatoms. The van der Waals surface area contributed by atoms with Crippen molar-refractivity contribution in [2.75, 3.05) is 18.8 Å². The summed E-state index contributed by atoms with van der Waals surface area (Å²) in [7, 11) is -3.35. The largest absolute Gasteiger partial charge is 0.391 e. The molecular weight excluding hydrogens is 252 g/mol. The first kappa shape index (κ1) is 13.8. The zero-order chi connectivity index (χ0) is 13.6. The lowest BCUT2D eigenvalue weighted by Crippen LogP contribution is -2.33. The number of nitriles is 1. The van der Waals surface area contributed by atoms with Crippen molar-refractivity contribution in [3.05, 3.63) is 0 Å². The van der Waals surface area contributed by atoms with Crippen molar-refractivity contribution >= 4 is 10.0 Å². The van der Waals surface area contributed by atoms with Gasteiger partial charge < -0.3 is 5.11 Å². The van der Waals surface area contributed by atoms with Gasteiger partial charge in [-0.1, -0.05) is 0 Å². The normalized spacial score (nSPS) is 27.3. The van der Waals surface area contributed by atoms with E-state index in [2.05, 4.69) is 6.07 Å². The number of aliphatic hydroxyl groups is 1. The van der Waals surface area contributed by atoms with E-state index in [0.29, 0.717) is 13.0 Å². The summed E-state index contributed by atoms with van der Waals surface area (Å²) in [5.41, 5.74) is -0.777. The molecule has 1 N–H and O–H groups in total. The van der Waals surface area contributed by atoms with Gasteiger partial charge in [0.25, 0.3) is 0 Å². The van der Waals surface area contributed by atoms with Gasteiger partial charge in [0.15, 0.2) is 0 Å². The number of rotatable bonds is 4. The standard InChI is InChI=1S/C12H20N2O3S/c1-11(2,8-13)5-6-18(16,17)14-7-10(15)12(9-14)3-4-12/h10,15H,3-7,9H2,1-2H3. The van der Waals surface area contributed by atoms with Gasteiger partial charge in [-0.15, -0.1) is 0 Å². The third-order valence-electron chi connectivity index (χ3n) is 4.15. The summed E-state index contributed by atoms with van der Waals surface area (Å²) in [5.74, 6) is -0.0175. The second-order valence-corrected chi connectivity index (χ2v) is 8.32. The molecule has 0 aromatic rings. The van der Waals surface area contributed by atoms with Crippen LogP contribution in [0.5, 0.6) is 0 Å². The highest BCUT2D eigenvalue weighted by Gasteiger charge is 2.56. The van der Waals surface area contributed by atoms with Gasteiger partial charge in [0.1, 0.15) is 0 Å². The van der Waals surface area contributed by atoms with Gasteiger partial charge >= 0.3 is 0 Å². The van der Waals surface area contributed by atoms with Crippen LogP contribution in [0.1, 0.15) is 33.1 Å². The zero-order valence-corrected chi connectivity index (χ0v) is 11.7. The summed E-state index contributed by atoms with van der Waals surface area (Å²) in [5, 5.41) is 18.8. The molecule has 0 aromatic carbocycles. The molecule has 1 saturated carbocycles. The molecule has 1 spiro atoms. The maximum atomic E-state index is 12.2. The lowest BCUT2D eigenvalue weighted by Gasteiger charge is -2.19. The van der Waals surface area contributed by atoms with Crippen molar-refractivity contribution in [1.82, 2.24) is 4.31 Å². The molecule has 1 heterocycles. The fraction of sp³-hybridized carbons (Fsp3) is 0.917. The van der Waals surface area contributed by atoms with E-state index in [9.17, 15) is 13.5 Å². The molecule has 2 aliphatic rings. The maximum Gasteiger partial charge on any atom is 0.214 e. The maximum absolute atomic E-state index is 12.2. The van der Waals surface area contributed by atoms with Gasteiger partial charge in [0, 0.05) is 18.5 Å². The minimum Gasteiger partial charge on any atom is -0.391 e. The molecule has 0 amide bonds. The van der Waals surface area contributed by atoms with Gasteiger partial charge in [0.05, 0.1) is 23.3 Å². The van der Waals surface area contributed by atoms with Crippen LogP contribution in [0.25, 0.3) is 0 Å². The third kappa shape index (κ3) is 2.53. The van der Waals surface area contributed by atoms with Gasteiger partial charge in [0.2, 0.25) is 10.0 Å². The van der Waals surface area contributed by atoms with Crippen LogP contribution in [-0.4, -0.2) is 42.8 Å². The van der Waals surface area contributed by atoms with Gasteiger partial charge in [-0.25, -0.2) is 8.42 Å². The van der Waals surface area contributed by atoms with Crippen molar-refractivity contribution in [2.45, 2.75) is 39.2 Å². The first-order chi connectivity index (χ1) is 8.21. The van der Waals surface area contributed by atoms with E-state index in [0.717, 1.165) is 12.8 Å². The Morgan fingerprint density at radius 3 is 2.56 bits per heavy atom. The van der Waals surface area contributed by atoms with Crippen molar-refractivity contribution in [2.24, 2.45) is 10.8 Å². The van der Waals surface area contributed by atoms with E-state index in [1.165, 1.54) is 4.31 Å². The quantitative estimate of drug-likeness (QED) is 0.817. The number of hydrogen-bond donors (Lipinski definition) is 1. The molecule has 1 saturated heterocycles. The predicted octanol–water partition coefficient (Wildman–Crippen LogP) is 0.713. The molecule has 2 fully saturated rings. The molecule has 1 unspecified atom stereocenters. The number of β-amino-alcohol motifs (C(OH)–C–C–N with tert-alkyl or cyclic N) is 1. The van der Waals surface area contributed by atoms with E-state index in [1.54, 1.807) is 13.8 Å². The smallest absolute Gasteiger partial charge is 0.214 e. The van der Waals surface area contributed by atoms with Crippen LogP contribution in [-0.2, 0) is 10.0 Å². The van der Waals surface area contributed by atoms with Crippen LogP contribution >= 0.6 is 0 Å². The van der Waals surface area contributed by atoms with Gasteiger partial charge in [-0.05, 0) is 33.1 Å². The van der Waals surface area contributed by atoms with Crippen molar-refractivity contribution in [1.29, 1.82) is 5.26 Å². The molecule has 0 radical (unpaired) electrons. The van der Waals surface area contributed by atoms with E-state index < -0.39 is 21.5 Å². The number of nitrogens with zero attached hydrogens (tertiary/aromatic N) is 2. The Morgan fingerprint density at radius 1 is 1.50 bits per heavy atom. The number of hydrogen-bond acceptors (Lipinski definition) is 4. The Morgan fingerprint density at radius 2 is 2.11 bits per heavy atom. The van der Waals surface area contributed by atoms with Crippen LogP contribution in [0.4, 0.5) is 0 Å². The Bertz CT molecular complexity index is 474. The molecule has 1 aliphatic heterocycles. The van der Waals surface area contributed by atoms with Crippen molar-refractivity contribution in [3.8, 4) is 6.07 Å². The predicted molar refractivity (Wildman–Crippen MR) is 67.0 cm³/mol. The Hall–Kier alpha value is -0.640. The summed E-state index contributed by atoms with van der Waals surface area (Å²) in [4.78, 5) is 0. The highest BCUT2D eigenvalue weighted by molar-refractivity contribution is 7.89. The molecule has 0 aromatic heterocycles. The van der Waals surface area contributed by atoms with Crippen LogP contribution in [0.3, 0.4) is 0 Å². The molecule has 1 aliphatic carbocycles. The highest BCUT2D eigenvalue weighted by Crippen LogP contribution is 2.53. The average Bonchev–Trinajstić information content (AvgIpc) is 2.99. The lowest BCUT2D eigenvalue weighted by atomic mass is 9.93. The van der Waals surface area contributed by atoms with E-state index in [-0.39, 0.29) is 17.7 Å². The zero-order valence-electron chi connectivity index (χ0n) is 10.9. The van der Waals surface area contributed by atoms with E-state index in [4.69, 9.17) is 5.26 Å². The fourth-order valence-corrected chi connectivity index (χ4v) is 4.19. The first-order valence-corrected chi connectivity index (χ1v) is 7.89. The fourth-order valence-electron chi connectivity index (χ4n) is 2.34. The van der Waals surface area contributed by atoms with Crippen LogP contribution in [0, 0.1) is 22.2 Å². The van der Waals surface area contributed by atoms with Crippen LogP contribution in [0.15, 0.2) is 0 Å². The van der Waals surface area contributed by atoms with Crippen molar-refractivity contribution < 1.29 is 13.5 Å². The molecule has 5 nitrogen and oxygen atoms in total. The SMILES string of the molecule is CC(C)(C#N)CCS(=O)(=O)N1CC(O)C2(CC2)C1. The van der Waals surface area contributed by atoms with Crippen LogP contribution < -0.4 is 0 Å². The highest BCUT2D eigenvalue weighted by atomic mass is 32.2. The molecule has 0 bridgehead atoms. The summed E-state index contributed by atoms with van der Waals surface area (Å²) in [6, 6.07) is 2.11. The summed E-state index contributed by atoms with van der Waals surface area (Å²) < 4.78 is 25.7. The molecule has 2 rings (SSSR count). The number of aliphatic hydroxyl groups excluding tert-OH is 1. The third-order valence-corrected chi connectivity index (χ3v) is 5.93. The number of sulfonamides is 1. The summed E-state index contributed by atoms with van der Waals surface area (Å²) in [6.45, 7) is 4.15. The molecule has 18 heavy (non-hydrogen) atoms. The topological polar surface area (TPSA) is 81.4 Å². The van der Waals surface area contributed by atoms with E-state index >= 15 is 0 Å². The monoisotopic (exact) mass is 272 g/mol. The lowest BCUT2D eigenvalue weighted by molar-refractivity contribution is 0.134. The van der Waals surface area contributed by atoms with Crippen LogP contribution in [0.2, 0.25) is 0 Å². The minimum atomic E-state index is -3.35. The molecular formula is C12H20N2O3S. The van der Waals surface area contributed by atoms with E-state index in [1.807, 2.05) is 0 Å². The Kier molecular flexibility index (Phi) is 3.21. The Labute approximate surface area is 108 Å². The van der Waals surface area contributed by atoms with Gasteiger partial charge in [-0.3, -0.25) is 0 Å². The molecule has 1 atom stereocenters.